The number of hydrogen-bond donors (Lipinski definition) is 1. The smallest absolute Gasteiger partial charge is 0.332 e. The lowest BCUT2D eigenvalue weighted by atomic mass is 10.0. The molecule has 1 N–H and O–H groups in total. The number of aryl methyl sites for hydroxylation is 1. The van der Waals surface area contributed by atoms with Crippen molar-refractivity contribution in [2.24, 2.45) is 0 Å². The number of ether oxygens (including phenoxy) is 1. The summed E-state index contributed by atoms with van der Waals surface area (Å²) in [4.78, 5) is 12.0. The van der Waals surface area contributed by atoms with Gasteiger partial charge in [0.15, 0.2) is 6.04 Å². The van der Waals surface area contributed by atoms with Gasteiger partial charge in [-0.15, -0.1) is 0 Å². The first-order valence-electron chi connectivity index (χ1n) is 6.38. The van der Waals surface area contributed by atoms with Gasteiger partial charge in [0, 0.05) is 0 Å². The molecule has 0 aliphatic heterocycles. The molecule has 0 heterocycles. The third kappa shape index (κ3) is 3.52. The molecule has 5 heteroatoms. The molecule has 0 saturated heterocycles. The van der Waals surface area contributed by atoms with Gasteiger partial charge in [-0.2, -0.15) is 0 Å². The van der Waals surface area contributed by atoms with E-state index in [1.165, 1.54) is 13.2 Å². The summed E-state index contributed by atoms with van der Waals surface area (Å²) in [7, 11) is 1.29. The first-order chi connectivity index (χ1) is 10.0. The van der Waals surface area contributed by atoms with Gasteiger partial charge in [0.1, 0.15) is 5.82 Å². The number of anilines is 1. The largest absolute Gasteiger partial charge is 0.467 e. The number of esters is 1. The van der Waals surface area contributed by atoms with Gasteiger partial charge in [0.2, 0.25) is 0 Å². The van der Waals surface area contributed by atoms with E-state index in [-0.39, 0.29) is 5.82 Å². The minimum Gasteiger partial charge on any atom is -0.467 e. The third-order valence-corrected chi connectivity index (χ3v) is 3.47. The van der Waals surface area contributed by atoms with Crippen molar-refractivity contribution in [2.75, 3.05) is 12.4 Å². The van der Waals surface area contributed by atoms with Gasteiger partial charge in [-0.25, -0.2) is 9.18 Å². The molecule has 3 nitrogen and oxygen atoms in total. The summed E-state index contributed by atoms with van der Waals surface area (Å²) in [5.41, 5.74) is 1.57. The summed E-state index contributed by atoms with van der Waals surface area (Å²) >= 11 is 6.07. The van der Waals surface area contributed by atoms with E-state index in [4.69, 9.17) is 16.3 Å². The molecule has 0 aliphatic carbocycles. The first kappa shape index (κ1) is 15.3. The van der Waals surface area contributed by atoms with Crippen LogP contribution >= 0.6 is 11.6 Å². The van der Waals surface area contributed by atoms with Gasteiger partial charge in [0.25, 0.3) is 0 Å². The average Bonchev–Trinajstić information content (AvgIpc) is 2.48. The van der Waals surface area contributed by atoms with Crippen LogP contribution in [0.2, 0.25) is 5.02 Å². The zero-order chi connectivity index (χ0) is 15.4. The fourth-order valence-electron chi connectivity index (χ4n) is 1.92. The number of para-hydroxylation sites is 1. The Morgan fingerprint density at radius 2 is 2.00 bits per heavy atom. The Labute approximate surface area is 127 Å². The number of benzene rings is 2. The maximum absolute atomic E-state index is 13.7. The van der Waals surface area contributed by atoms with Crippen LogP contribution in [0.4, 0.5) is 10.1 Å². The normalized spacial score (nSPS) is 11.8. The number of nitrogens with one attached hydrogen (secondary N) is 1. The van der Waals surface area contributed by atoms with Crippen molar-refractivity contribution in [2.45, 2.75) is 13.0 Å². The highest BCUT2D eigenvalue weighted by molar-refractivity contribution is 6.33. The molecule has 0 aliphatic rings. The van der Waals surface area contributed by atoms with Gasteiger partial charge in [-0.05, 0) is 36.2 Å². The van der Waals surface area contributed by atoms with Gasteiger partial charge in [0.05, 0.1) is 17.8 Å². The Balaban J connectivity index is 2.37. The van der Waals surface area contributed by atoms with E-state index in [0.29, 0.717) is 21.8 Å². The Morgan fingerprint density at radius 3 is 2.62 bits per heavy atom. The summed E-state index contributed by atoms with van der Waals surface area (Å²) in [5, 5.41) is 3.46. The number of methoxy groups -OCH3 is 1. The second-order valence-corrected chi connectivity index (χ2v) is 5.00. The summed E-state index contributed by atoms with van der Waals surface area (Å²) in [6, 6.07) is 10.8. The maximum Gasteiger partial charge on any atom is 0.332 e. The lowest BCUT2D eigenvalue weighted by molar-refractivity contribution is -0.141. The zero-order valence-electron chi connectivity index (χ0n) is 11.7. The molecule has 0 bridgehead atoms. The molecule has 2 rings (SSSR count). The highest BCUT2D eigenvalue weighted by atomic mass is 35.5. The van der Waals surface area contributed by atoms with Crippen LogP contribution < -0.4 is 5.32 Å². The van der Waals surface area contributed by atoms with Crippen molar-refractivity contribution >= 4 is 23.3 Å². The molecule has 0 fully saturated rings. The zero-order valence-corrected chi connectivity index (χ0v) is 12.4. The van der Waals surface area contributed by atoms with E-state index < -0.39 is 12.0 Å². The second kappa shape index (κ2) is 6.59. The molecule has 0 saturated carbocycles. The Morgan fingerprint density at radius 1 is 1.29 bits per heavy atom. The molecule has 2 aromatic rings. The first-order valence-corrected chi connectivity index (χ1v) is 6.75. The number of halogens is 2. The van der Waals surface area contributed by atoms with Crippen LogP contribution in [0.3, 0.4) is 0 Å². The lowest BCUT2D eigenvalue weighted by Crippen LogP contribution is -2.22. The fourth-order valence-corrected chi connectivity index (χ4v) is 2.11. The van der Waals surface area contributed by atoms with E-state index >= 15 is 0 Å². The molecular formula is C16H15ClFNO2. The molecule has 1 atom stereocenters. The van der Waals surface area contributed by atoms with Crippen molar-refractivity contribution < 1.29 is 13.9 Å². The van der Waals surface area contributed by atoms with Crippen LogP contribution in [-0.2, 0) is 9.53 Å². The van der Waals surface area contributed by atoms with Crippen LogP contribution in [0.15, 0.2) is 42.5 Å². The van der Waals surface area contributed by atoms with Crippen LogP contribution in [0.1, 0.15) is 17.2 Å². The Hall–Kier alpha value is -2.07. The average molecular weight is 308 g/mol. The van der Waals surface area contributed by atoms with Crippen molar-refractivity contribution in [3.8, 4) is 0 Å². The van der Waals surface area contributed by atoms with Crippen molar-refractivity contribution in [3.05, 3.63) is 64.4 Å². The molecule has 110 valence electrons. The predicted molar refractivity (Wildman–Crippen MR) is 81.0 cm³/mol. The monoisotopic (exact) mass is 307 g/mol. The van der Waals surface area contributed by atoms with Gasteiger partial charge < -0.3 is 10.1 Å². The minimum atomic E-state index is -0.829. The molecule has 0 amide bonds. The molecule has 0 radical (unpaired) electrons. The van der Waals surface area contributed by atoms with Crippen LogP contribution in [-0.4, -0.2) is 13.1 Å². The molecule has 1 unspecified atom stereocenters. The van der Waals surface area contributed by atoms with Crippen LogP contribution in [0.5, 0.6) is 0 Å². The van der Waals surface area contributed by atoms with Crippen molar-refractivity contribution in [3.63, 3.8) is 0 Å². The third-order valence-electron chi connectivity index (χ3n) is 3.14. The molecule has 2 aromatic carbocycles. The fraction of sp³-hybridized carbons (Fsp3) is 0.188. The number of hydrogen-bond acceptors (Lipinski definition) is 3. The van der Waals surface area contributed by atoms with Crippen LogP contribution in [0, 0.1) is 12.7 Å². The number of carbonyl (C=O) groups is 1. The summed E-state index contributed by atoms with van der Waals surface area (Å²) in [6.45, 7) is 1.66. The Bertz CT molecular complexity index is 660. The molecular weight excluding hydrogens is 293 g/mol. The SMILES string of the molecule is COC(=O)C(Nc1ccccc1Cl)c1ccc(C)c(F)c1. The van der Waals surface area contributed by atoms with E-state index in [0.717, 1.165) is 0 Å². The molecule has 0 spiro atoms. The van der Waals surface area contributed by atoms with E-state index in [2.05, 4.69) is 5.32 Å². The lowest BCUT2D eigenvalue weighted by Gasteiger charge is -2.19. The number of rotatable bonds is 4. The van der Waals surface area contributed by atoms with E-state index in [9.17, 15) is 9.18 Å². The maximum atomic E-state index is 13.7. The highest BCUT2D eigenvalue weighted by Gasteiger charge is 2.22. The van der Waals surface area contributed by atoms with Gasteiger partial charge >= 0.3 is 5.97 Å². The van der Waals surface area contributed by atoms with E-state index in [1.807, 2.05) is 0 Å². The quantitative estimate of drug-likeness (QED) is 0.864. The van der Waals surface area contributed by atoms with Crippen LogP contribution in [0.25, 0.3) is 0 Å². The predicted octanol–water partition coefficient (Wildman–Crippen LogP) is 4.11. The highest BCUT2D eigenvalue weighted by Crippen LogP contribution is 2.27. The minimum absolute atomic E-state index is 0.373. The van der Waals surface area contributed by atoms with Crippen molar-refractivity contribution in [1.29, 1.82) is 0 Å². The summed E-state index contributed by atoms with van der Waals surface area (Å²) < 4.78 is 18.5. The second-order valence-electron chi connectivity index (χ2n) is 4.59. The summed E-state index contributed by atoms with van der Waals surface area (Å²) in [5.74, 6) is -0.888. The van der Waals surface area contributed by atoms with E-state index in [1.54, 1.807) is 43.3 Å². The molecule has 0 aromatic heterocycles. The van der Waals surface area contributed by atoms with Crippen molar-refractivity contribution in [1.82, 2.24) is 0 Å². The number of carbonyl (C=O) groups excluding carboxylic acids is 1. The Kier molecular flexibility index (Phi) is 4.81. The standard InChI is InChI=1S/C16H15ClFNO2/c1-10-7-8-11(9-13(10)18)15(16(20)21-2)19-14-6-4-3-5-12(14)17/h3-9,15,19H,1-2H3. The van der Waals surface area contributed by atoms with Gasteiger partial charge in [-0.3, -0.25) is 0 Å². The summed E-state index contributed by atoms with van der Waals surface area (Å²) in [6.07, 6.45) is 0. The van der Waals surface area contributed by atoms with Gasteiger partial charge in [-0.1, -0.05) is 35.9 Å². The molecule has 21 heavy (non-hydrogen) atoms. The topological polar surface area (TPSA) is 38.3 Å².